The summed E-state index contributed by atoms with van der Waals surface area (Å²) >= 11 is 0. The van der Waals surface area contributed by atoms with Crippen molar-refractivity contribution in [3.05, 3.63) is 0 Å². The Morgan fingerprint density at radius 3 is 2.16 bits per heavy atom. The van der Waals surface area contributed by atoms with Gasteiger partial charge in [0.25, 0.3) is 0 Å². The van der Waals surface area contributed by atoms with E-state index in [0.29, 0.717) is 19.6 Å². The fourth-order valence-corrected chi connectivity index (χ4v) is 1.85. The van der Waals surface area contributed by atoms with Gasteiger partial charge in [0, 0.05) is 32.7 Å². The molecule has 0 spiro atoms. The molecule has 19 heavy (non-hydrogen) atoms. The highest BCUT2D eigenvalue weighted by Crippen LogP contribution is 2.11. The Kier molecular flexibility index (Phi) is 5.95. The van der Waals surface area contributed by atoms with Crippen LogP contribution in [0.3, 0.4) is 0 Å². The van der Waals surface area contributed by atoms with Gasteiger partial charge in [-0.1, -0.05) is 0 Å². The zero-order valence-corrected chi connectivity index (χ0v) is 12.0. The maximum atomic E-state index is 11.9. The van der Waals surface area contributed by atoms with Crippen LogP contribution in [0.4, 0.5) is 4.79 Å². The Labute approximate surface area is 114 Å². The maximum absolute atomic E-state index is 11.9. The molecule has 0 aromatic rings. The summed E-state index contributed by atoms with van der Waals surface area (Å²) in [7, 11) is 0. The SMILES string of the molecule is CC(C)(C)OC(=O)N1CCN(CC(NN)NN)CC1. The van der Waals surface area contributed by atoms with Crippen molar-refractivity contribution < 1.29 is 9.53 Å². The molecule has 0 atom stereocenters. The van der Waals surface area contributed by atoms with Crippen molar-refractivity contribution in [1.82, 2.24) is 20.7 Å². The third-order valence-electron chi connectivity index (χ3n) is 2.87. The molecule has 1 rings (SSSR count). The molecule has 112 valence electrons. The number of nitrogens with one attached hydrogen (secondary N) is 2. The highest BCUT2D eigenvalue weighted by atomic mass is 16.6. The molecule has 0 saturated carbocycles. The van der Waals surface area contributed by atoms with E-state index in [-0.39, 0.29) is 12.3 Å². The van der Waals surface area contributed by atoms with E-state index in [4.69, 9.17) is 16.4 Å². The number of rotatable bonds is 4. The first-order valence-corrected chi connectivity index (χ1v) is 6.48. The van der Waals surface area contributed by atoms with E-state index in [2.05, 4.69) is 15.8 Å². The van der Waals surface area contributed by atoms with E-state index in [0.717, 1.165) is 13.1 Å². The number of nitrogens with zero attached hydrogens (tertiary/aromatic N) is 2. The van der Waals surface area contributed by atoms with E-state index in [9.17, 15) is 4.79 Å². The first-order valence-electron chi connectivity index (χ1n) is 6.48. The number of ether oxygens (including phenoxy) is 1. The number of nitrogens with two attached hydrogens (primary N) is 2. The van der Waals surface area contributed by atoms with Crippen molar-refractivity contribution in [2.75, 3.05) is 32.7 Å². The van der Waals surface area contributed by atoms with Gasteiger partial charge in [-0.2, -0.15) is 0 Å². The van der Waals surface area contributed by atoms with Crippen molar-refractivity contribution in [3.8, 4) is 0 Å². The van der Waals surface area contributed by atoms with Crippen LogP contribution in [0.1, 0.15) is 20.8 Å². The third-order valence-corrected chi connectivity index (χ3v) is 2.87. The van der Waals surface area contributed by atoms with Crippen molar-refractivity contribution in [2.45, 2.75) is 32.5 Å². The minimum Gasteiger partial charge on any atom is -0.444 e. The summed E-state index contributed by atoms with van der Waals surface area (Å²) in [4.78, 5) is 15.8. The molecule has 0 aromatic heterocycles. The Bertz CT molecular complexity index is 281. The lowest BCUT2D eigenvalue weighted by Gasteiger charge is -2.36. The summed E-state index contributed by atoms with van der Waals surface area (Å²) < 4.78 is 5.34. The lowest BCUT2D eigenvalue weighted by Crippen LogP contribution is -2.58. The largest absolute Gasteiger partial charge is 0.444 e. The molecule has 1 amide bonds. The number of amides is 1. The van der Waals surface area contributed by atoms with Gasteiger partial charge in [0.05, 0.1) is 6.17 Å². The summed E-state index contributed by atoms with van der Waals surface area (Å²) in [6, 6.07) is 0. The zero-order chi connectivity index (χ0) is 14.5. The smallest absolute Gasteiger partial charge is 0.410 e. The van der Waals surface area contributed by atoms with Gasteiger partial charge in [-0.15, -0.1) is 0 Å². The Morgan fingerprint density at radius 2 is 1.74 bits per heavy atom. The highest BCUT2D eigenvalue weighted by molar-refractivity contribution is 5.68. The summed E-state index contributed by atoms with van der Waals surface area (Å²) in [6.07, 6.45) is -0.411. The molecule has 1 heterocycles. The van der Waals surface area contributed by atoms with Gasteiger partial charge in [-0.3, -0.25) is 16.6 Å². The molecule has 0 bridgehead atoms. The van der Waals surface area contributed by atoms with Crippen molar-refractivity contribution in [2.24, 2.45) is 11.7 Å². The molecule has 8 nitrogen and oxygen atoms in total. The second kappa shape index (κ2) is 7.01. The number of piperazine rings is 1. The summed E-state index contributed by atoms with van der Waals surface area (Å²) in [5.74, 6) is 10.7. The van der Waals surface area contributed by atoms with Gasteiger partial charge in [0.15, 0.2) is 0 Å². The van der Waals surface area contributed by atoms with Gasteiger partial charge in [-0.25, -0.2) is 15.6 Å². The topological polar surface area (TPSA) is 109 Å². The molecule has 0 aliphatic carbocycles. The van der Waals surface area contributed by atoms with Crippen LogP contribution in [-0.4, -0.2) is 60.4 Å². The van der Waals surface area contributed by atoms with Crippen molar-refractivity contribution >= 4 is 6.09 Å². The van der Waals surface area contributed by atoms with Crippen LogP contribution in [0.25, 0.3) is 0 Å². The number of hydrogen-bond acceptors (Lipinski definition) is 7. The third kappa shape index (κ3) is 5.70. The van der Waals surface area contributed by atoms with E-state index in [1.165, 1.54) is 0 Å². The lowest BCUT2D eigenvalue weighted by molar-refractivity contribution is 0.0135. The van der Waals surface area contributed by atoms with E-state index >= 15 is 0 Å². The second-order valence-electron chi connectivity index (χ2n) is 5.65. The predicted octanol–water partition coefficient (Wildman–Crippen LogP) is -1.21. The minimum absolute atomic E-state index is 0.159. The number of carbonyl (C=O) groups is 1. The van der Waals surface area contributed by atoms with E-state index in [1.54, 1.807) is 4.90 Å². The number of carbonyl (C=O) groups excluding carboxylic acids is 1. The second-order valence-corrected chi connectivity index (χ2v) is 5.65. The van der Waals surface area contributed by atoms with Crippen LogP contribution in [0.15, 0.2) is 0 Å². The fraction of sp³-hybridized carbons (Fsp3) is 0.909. The molecule has 1 aliphatic rings. The van der Waals surface area contributed by atoms with E-state index in [1.807, 2.05) is 20.8 Å². The van der Waals surface area contributed by atoms with Gasteiger partial charge in [-0.05, 0) is 20.8 Å². The van der Waals surface area contributed by atoms with Crippen LogP contribution in [0, 0.1) is 0 Å². The van der Waals surface area contributed by atoms with Crippen molar-refractivity contribution in [1.29, 1.82) is 0 Å². The molecular formula is C11H26N6O2. The summed E-state index contributed by atoms with van der Waals surface area (Å²) in [6.45, 7) is 9.14. The van der Waals surface area contributed by atoms with Gasteiger partial charge < -0.3 is 9.64 Å². The van der Waals surface area contributed by atoms with Crippen LogP contribution in [0.5, 0.6) is 0 Å². The van der Waals surface area contributed by atoms with Gasteiger partial charge >= 0.3 is 6.09 Å². The molecule has 0 radical (unpaired) electrons. The van der Waals surface area contributed by atoms with E-state index < -0.39 is 5.60 Å². The van der Waals surface area contributed by atoms with Gasteiger partial charge in [0.1, 0.15) is 5.60 Å². The van der Waals surface area contributed by atoms with Crippen LogP contribution >= 0.6 is 0 Å². The molecule has 0 aromatic carbocycles. The Hall–Kier alpha value is -0.930. The number of hydrogen-bond donors (Lipinski definition) is 4. The average Bonchev–Trinajstić information content (AvgIpc) is 2.34. The molecule has 1 fully saturated rings. The molecule has 1 aliphatic heterocycles. The quantitative estimate of drug-likeness (QED) is 0.289. The van der Waals surface area contributed by atoms with Crippen molar-refractivity contribution in [3.63, 3.8) is 0 Å². The summed E-state index contributed by atoms with van der Waals surface area (Å²) in [5.41, 5.74) is 4.71. The lowest BCUT2D eigenvalue weighted by atomic mass is 10.2. The monoisotopic (exact) mass is 274 g/mol. The first kappa shape index (κ1) is 16.1. The molecular weight excluding hydrogens is 248 g/mol. The zero-order valence-electron chi connectivity index (χ0n) is 12.0. The van der Waals surface area contributed by atoms with Crippen LogP contribution < -0.4 is 22.5 Å². The van der Waals surface area contributed by atoms with Crippen LogP contribution in [0.2, 0.25) is 0 Å². The molecule has 8 heteroatoms. The Balaban J connectivity index is 2.34. The van der Waals surface area contributed by atoms with Crippen LogP contribution in [-0.2, 0) is 4.74 Å². The highest BCUT2D eigenvalue weighted by Gasteiger charge is 2.26. The van der Waals surface area contributed by atoms with Gasteiger partial charge in [0.2, 0.25) is 0 Å². The predicted molar refractivity (Wildman–Crippen MR) is 72.7 cm³/mol. The Morgan fingerprint density at radius 1 is 1.21 bits per heavy atom. The fourth-order valence-electron chi connectivity index (χ4n) is 1.85. The first-order chi connectivity index (χ1) is 8.85. The molecule has 6 N–H and O–H groups in total. The molecule has 0 unspecified atom stereocenters. The average molecular weight is 274 g/mol. The molecule has 1 saturated heterocycles. The normalized spacial score (nSPS) is 17.9. The maximum Gasteiger partial charge on any atom is 0.410 e. The summed E-state index contributed by atoms with van der Waals surface area (Å²) in [5, 5.41) is 0. The minimum atomic E-state index is -0.452. The number of hydrazine groups is 2. The standard InChI is InChI=1S/C11H26N6O2/c1-11(2,3)19-10(18)17-6-4-16(5-7-17)8-9(14-12)15-13/h9,14-15H,4-8,12-13H2,1-3H3.